The number of aromatic amines is 1. The number of H-pyrrole nitrogens is 1. The van der Waals surface area contributed by atoms with Crippen molar-refractivity contribution in [3.8, 4) is 0 Å². The number of nitrogens with two attached hydrogens (primary N) is 1. The summed E-state index contributed by atoms with van der Waals surface area (Å²) < 4.78 is 0. The maximum atomic E-state index is 12.5. The minimum absolute atomic E-state index is 0.186. The predicted molar refractivity (Wildman–Crippen MR) is 80.4 cm³/mol. The molecule has 3 aromatic rings. The Bertz CT molecular complexity index is 803. The lowest BCUT2D eigenvalue weighted by molar-refractivity contribution is 0.104. The molecule has 0 radical (unpaired) electrons. The normalized spacial score (nSPS) is 10.9. The molecular weight excluding hydrogens is 297 g/mol. The van der Waals surface area contributed by atoms with Gasteiger partial charge in [0.15, 0.2) is 5.78 Å². The number of pyridine rings is 1. The Morgan fingerprint density at radius 1 is 1.30 bits per heavy atom. The summed E-state index contributed by atoms with van der Waals surface area (Å²) in [6.07, 6.45) is 3.28. The number of rotatable bonds is 2. The predicted octanol–water partition coefficient (Wildman–Crippen LogP) is 3.68. The minimum Gasteiger partial charge on any atom is -0.397 e. The molecule has 1 aromatic carbocycles. The fraction of sp³-hybridized carbons (Fsp3) is 0. The lowest BCUT2D eigenvalue weighted by Gasteiger charge is -2.05. The highest BCUT2D eigenvalue weighted by Gasteiger charge is 2.17. The van der Waals surface area contributed by atoms with Gasteiger partial charge in [-0.1, -0.05) is 23.2 Å². The van der Waals surface area contributed by atoms with Crippen molar-refractivity contribution in [3.63, 3.8) is 0 Å². The standard InChI is InChI=1S/C14H9Cl2N3O/c15-10-4-7(5-11(17)12(10)16)13(20)9-6-19-14-8(9)2-1-3-18-14/h1-6H,17H2,(H,18,19). The van der Waals surface area contributed by atoms with Crippen LogP contribution in [-0.4, -0.2) is 15.8 Å². The molecule has 4 nitrogen and oxygen atoms in total. The molecule has 3 N–H and O–H groups in total. The monoisotopic (exact) mass is 305 g/mol. The number of nitrogens with zero attached hydrogens (tertiary/aromatic N) is 1. The van der Waals surface area contributed by atoms with E-state index in [1.807, 2.05) is 6.07 Å². The Kier molecular flexibility index (Phi) is 3.12. The second-order valence-electron chi connectivity index (χ2n) is 4.29. The molecule has 0 saturated carbocycles. The summed E-state index contributed by atoms with van der Waals surface area (Å²) in [7, 11) is 0. The first kappa shape index (κ1) is 13.0. The molecule has 3 rings (SSSR count). The van der Waals surface area contributed by atoms with E-state index in [0.29, 0.717) is 16.8 Å². The van der Waals surface area contributed by atoms with E-state index in [9.17, 15) is 4.79 Å². The van der Waals surface area contributed by atoms with Gasteiger partial charge < -0.3 is 10.7 Å². The number of nitrogens with one attached hydrogen (secondary N) is 1. The van der Waals surface area contributed by atoms with Crippen molar-refractivity contribution in [2.45, 2.75) is 0 Å². The number of nitrogen functional groups attached to an aromatic ring is 1. The van der Waals surface area contributed by atoms with Crippen LogP contribution in [0.5, 0.6) is 0 Å². The first-order chi connectivity index (χ1) is 9.58. The largest absolute Gasteiger partial charge is 0.397 e. The molecule has 0 atom stereocenters. The molecule has 0 amide bonds. The zero-order chi connectivity index (χ0) is 14.3. The van der Waals surface area contributed by atoms with Crippen LogP contribution >= 0.6 is 23.2 Å². The van der Waals surface area contributed by atoms with E-state index in [4.69, 9.17) is 28.9 Å². The molecule has 0 saturated heterocycles. The number of anilines is 1. The Morgan fingerprint density at radius 2 is 2.10 bits per heavy atom. The van der Waals surface area contributed by atoms with Gasteiger partial charge in [0.25, 0.3) is 0 Å². The van der Waals surface area contributed by atoms with E-state index in [1.165, 1.54) is 12.1 Å². The molecule has 0 fully saturated rings. The van der Waals surface area contributed by atoms with Gasteiger partial charge >= 0.3 is 0 Å². The summed E-state index contributed by atoms with van der Waals surface area (Å²) in [6.45, 7) is 0. The molecule has 0 spiro atoms. The molecule has 100 valence electrons. The Balaban J connectivity index is 2.13. The van der Waals surface area contributed by atoms with Gasteiger partial charge in [0.05, 0.1) is 15.7 Å². The summed E-state index contributed by atoms with van der Waals surface area (Å²) in [5.41, 5.74) is 7.58. The second kappa shape index (κ2) is 4.81. The summed E-state index contributed by atoms with van der Waals surface area (Å²) in [5, 5.41) is 1.26. The Morgan fingerprint density at radius 3 is 2.85 bits per heavy atom. The molecule has 6 heteroatoms. The number of carbonyl (C=O) groups excluding carboxylic acids is 1. The van der Waals surface area contributed by atoms with Crippen LogP contribution < -0.4 is 5.73 Å². The van der Waals surface area contributed by atoms with Crippen LogP contribution in [0.1, 0.15) is 15.9 Å². The van der Waals surface area contributed by atoms with E-state index < -0.39 is 0 Å². The van der Waals surface area contributed by atoms with Crippen molar-refractivity contribution < 1.29 is 4.79 Å². The first-order valence-corrected chi connectivity index (χ1v) is 6.55. The number of benzene rings is 1. The zero-order valence-corrected chi connectivity index (χ0v) is 11.7. The lowest BCUT2D eigenvalue weighted by Crippen LogP contribution is -2.02. The van der Waals surface area contributed by atoms with Crippen LogP contribution in [0.3, 0.4) is 0 Å². The molecule has 2 heterocycles. The van der Waals surface area contributed by atoms with Crippen LogP contribution in [0.25, 0.3) is 11.0 Å². The van der Waals surface area contributed by atoms with Crippen LogP contribution in [0.4, 0.5) is 5.69 Å². The number of fused-ring (bicyclic) bond motifs is 1. The third-order valence-electron chi connectivity index (χ3n) is 3.01. The Hall–Kier alpha value is -2.04. The van der Waals surface area contributed by atoms with Gasteiger partial charge in [-0.2, -0.15) is 0 Å². The van der Waals surface area contributed by atoms with Gasteiger partial charge in [0.1, 0.15) is 5.65 Å². The van der Waals surface area contributed by atoms with Gasteiger partial charge in [-0.25, -0.2) is 4.98 Å². The van der Waals surface area contributed by atoms with E-state index >= 15 is 0 Å². The third-order valence-corrected chi connectivity index (χ3v) is 3.83. The summed E-state index contributed by atoms with van der Waals surface area (Å²) in [4.78, 5) is 19.6. The summed E-state index contributed by atoms with van der Waals surface area (Å²) in [6, 6.07) is 6.63. The Labute approximate surface area is 124 Å². The third kappa shape index (κ3) is 2.03. The number of ketones is 1. The van der Waals surface area contributed by atoms with Crippen molar-refractivity contribution in [3.05, 3.63) is 57.8 Å². The number of hydrogen-bond donors (Lipinski definition) is 2. The number of halogens is 2. The number of hydrogen-bond acceptors (Lipinski definition) is 3. The zero-order valence-electron chi connectivity index (χ0n) is 10.2. The van der Waals surface area contributed by atoms with E-state index in [-0.39, 0.29) is 21.5 Å². The van der Waals surface area contributed by atoms with Gasteiger partial charge in [-0.05, 0) is 24.3 Å². The van der Waals surface area contributed by atoms with Crippen molar-refractivity contribution in [1.29, 1.82) is 0 Å². The molecule has 0 aliphatic heterocycles. The molecule has 2 aromatic heterocycles. The molecule has 20 heavy (non-hydrogen) atoms. The van der Waals surface area contributed by atoms with Gasteiger partial charge in [0, 0.05) is 28.9 Å². The van der Waals surface area contributed by atoms with Crippen molar-refractivity contribution in [2.24, 2.45) is 0 Å². The molecule has 0 bridgehead atoms. The topological polar surface area (TPSA) is 71.8 Å². The van der Waals surface area contributed by atoms with Crippen LogP contribution in [-0.2, 0) is 0 Å². The SMILES string of the molecule is Nc1cc(C(=O)c2c[nH]c3ncccc23)cc(Cl)c1Cl. The average Bonchev–Trinajstić information content (AvgIpc) is 2.87. The van der Waals surface area contributed by atoms with Crippen LogP contribution in [0.2, 0.25) is 10.0 Å². The summed E-state index contributed by atoms with van der Waals surface area (Å²) >= 11 is 11.8. The quantitative estimate of drug-likeness (QED) is 0.560. The van der Waals surface area contributed by atoms with Gasteiger partial charge in [-0.3, -0.25) is 4.79 Å². The number of carbonyl (C=O) groups is 1. The molecule has 0 aliphatic carbocycles. The summed E-state index contributed by atoms with van der Waals surface area (Å²) in [5.74, 6) is -0.186. The highest BCUT2D eigenvalue weighted by molar-refractivity contribution is 6.44. The maximum absolute atomic E-state index is 12.5. The van der Waals surface area contributed by atoms with Crippen molar-refractivity contribution in [2.75, 3.05) is 5.73 Å². The molecule has 0 aliphatic rings. The molecular formula is C14H9Cl2N3O. The van der Waals surface area contributed by atoms with Crippen molar-refractivity contribution in [1.82, 2.24) is 9.97 Å². The second-order valence-corrected chi connectivity index (χ2v) is 5.08. The molecule has 0 unspecified atom stereocenters. The highest BCUT2D eigenvalue weighted by atomic mass is 35.5. The maximum Gasteiger partial charge on any atom is 0.195 e. The van der Waals surface area contributed by atoms with Gasteiger partial charge in [-0.15, -0.1) is 0 Å². The van der Waals surface area contributed by atoms with Gasteiger partial charge in [0.2, 0.25) is 0 Å². The van der Waals surface area contributed by atoms with E-state index in [2.05, 4.69) is 9.97 Å². The van der Waals surface area contributed by atoms with E-state index in [1.54, 1.807) is 18.5 Å². The minimum atomic E-state index is -0.186. The lowest BCUT2D eigenvalue weighted by atomic mass is 10.0. The number of aromatic nitrogens is 2. The smallest absolute Gasteiger partial charge is 0.195 e. The fourth-order valence-electron chi connectivity index (χ4n) is 2.04. The first-order valence-electron chi connectivity index (χ1n) is 5.79. The fourth-order valence-corrected chi connectivity index (χ4v) is 2.38. The highest BCUT2D eigenvalue weighted by Crippen LogP contribution is 2.31. The van der Waals surface area contributed by atoms with Crippen LogP contribution in [0.15, 0.2) is 36.7 Å². The van der Waals surface area contributed by atoms with Crippen LogP contribution in [0, 0.1) is 0 Å². The van der Waals surface area contributed by atoms with Crippen molar-refractivity contribution >= 4 is 45.7 Å². The average molecular weight is 306 g/mol. The van der Waals surface area contributed by atoms with E-state index in [0.717, 1.165) is 5.39 Å².